The number of hydrogen-bond donors (Lipinski definition) is 1. The van der Waals surface area contributed by atoms with Crippen LogP contribution in [0.2, 0.25) is 5.02 Å². The Labute approximate surface area is 139 Å². The van der Waals surface area contributed by atoms with Crippen LogP contribution in [0.5, 0.6) is 0 Å². The monoisotopic (exact) mass is 325 g/mol. The molecule has 118 valence electrons. The molecule has 2 N–H and O–H groups in total. The highest BCUT2D eigenvalue weighted by atomic mass is 35.5. The third kappa shape index (κ3) is 4.18. The van der Waals surface area contributed by atoms with Crippen LogP contribution in [-0.4, -0.2) is 11.8 Å². The maximum Gasteiger partial charge on any atom is 0.0541 e. The second-order valence-corrected chi connectivity index (χ2v) is 8.62. The highest BCUT2D eigenvalue weighted by Gasteiger charge is 2.37. The van der Waals surface area contributed by atoms with Crippen molar-refractivity contribution < 1.29 is 0 Å². The van der Waals surface area contributed by atoms with Crippen molar-refractivity contribution in [1.29, 1.82) is 0 Å². The van der Waals surface area contributed by atoms with Crippen LogP contribution < -0.4 is 5.73 Å². The summed E-state index contributed by atoms with van der Waals surface area (Å²) >= 11 is 8.28. The molecule has 0 amide bonds. The van der Waals surface area contributed by atoms with Crippen molar-refractivity contribution in [3.05, 3.63) is 29.3 Å². The second-order valence-electron chi connectivity index (χ2n) is 6.93. The molecule has 0 bridgehead atoms. The Hall–Kier alpha value is -0.180. The van der Waals surface area contributed by atoms with Gasteiger partial charge in [0, 0.05) is 10.1 Å². The predicted molar refractivity (Wildman–Crippen MR) is 95.1 cm³/mol. The van der Waals surface area contributed by atoms with Crippen LogP contribution in [0.4, 0.5) is 0 Å². The Morgan fingerprint density at radius 1 is 1.29 bits per heavy atom. The molecule has 3 atom stereocenters. The molecule has 1 fully saturated rings. The summed E-state index contributed by atoms with van der Waals surface area (Å²) in [6.07, 6.45) is 5.09. The molecule has 1 nitrogen and oxygen atoms in total. The number of halogens is 1. The van der Waals surface area contributed by atoms with Gasteiger partial charge in [0.2, 0.25) is 0 Å². The third-order valence-corrected chi connectivity index (χ3v) is 7.29. The van der Waals surface area contributed by atoms with E-state index in [0.29, 0.717) is 16.6 Å². The molecular weight excluding hydrogens is 298 g/mol. The van der Waals surface area contributed by atoms with Crippen molar-refractivity contribution >= 4 is 23.4 Å². The molecule has 0 saturated heterocycles. The lowest BCUT2D eigenvalue weighted by Crippen LogP contribution is -2.37. The number of thioether (sulfide) groups is 1. The van der Waals surface area contributed by atoms with Crippen LogP contribution in [0, 0.1) is 17.3 Å². The van der Waals surface area contributed by atoms with E-state index < -0.39 is 0 Å². The van der Waals surface area contributed by atoms with E-state index in [0.717, 1.165) is 17.5 Å². The van der Waals surface area contributed by atoms with E-state index in [4.69, 9.17) is 17.3 Å². The standard InChI is InChI=1S/C18H28ClNS/c1-4-18(2,3)14-10-9-13(12-20)17(11-14)21-16-8-6-5-7-15(16)19/h5-8,13-14,17H,4,9-12,20H2,1-3H3. The Kier molecular flexibility index (Phi) is 6.05. The van der Waals surface area contributed by atoms with Gasteiger partial charge in [0.15, 0.2) is 0 Å². The molecule has 0 heterocycles. The molecule has 1 aliphatic rings. The highest BCUT2D eigenvalue weighted by molar-refractivity contribution is 8.00. The van der Waals surface area contributed by atoms with Gasteiger partial charge in [-0.25, -0.2) is 0 Å². The summed E-state index contributed by atoms with van der Waals surface area (Å²) in [5, 5.41) is 1.47. The first-order chi connectivity index (χ1) is 9.97. The predicted octanol–water partition coefficient (Wildman–Crippen LogP) is 5.61. The Bertz CT molecular complexity index is 460. The van der Waals surface area contributed by atoms with E-state index >= 15 is 0 Å². The fraction of sp³-hybridized carbons (Fsp3) is 0.667. The van der Waals surface area contributed by atoms with Crippen LogP contribution in [-0.2, 0) is 0 Å². The number of hydrogen-bond acceptors (Lipinski definition) is 2. The molecule has 1 saturated carbocycles. The van der Waals surface area contributed by atoms with Gasteiger partial charge in [0.1, 0.15) is 0 Å². The first kappa shape index (κ1) is 17.2. The summed E-state index contributed by atoms with van der Waals surface area (Å²) in [6.45, 7) is 7.93. The largest absolute Gasteiger partial charge is 0.330 e. The molecule has 21 heavy (non-hydrogen) atoms. The van der Waals surface area contributed by atoms with Crippen molar-refractivity contribution in [3.63, 3.8) is 0 Å². The summed E-state index contributed by atoms with van der Waals surface area (Å²) < 4.78 is 0. The van der Waals surface area contributed by atoms with Gasteiger partial charge >= 0.3 is 0 Å². The fourth-order valence-electron chi connectivity index (χ4n) is 3.31. The summed E-state index contributed by atoms with van der Waals surface area (Å²) in [5.74, 6) is 1.42. The van der Waals surface area contributed by atoms with Crippen molar-refractivity contribution in [2.45, 2.75) is 56.6 Å². The Morgan fingerprint density at radius 3 is 2.62 bits per heavy atom. The third-order valence-electron chi connectivity index (χ3n) is 5.36. The lowest BCUT2D eigenvalue weighted by molar-refractivity contribution is 0.134. The smallest absolute Gasteiger partial charge is 0.0541 e. The molecule has 0 radical (unpaired) electrons. The molecule has 2 rings (SSSR count). The minimum atomic E-state index is 0.429. The first-order valence-corrected chi connectivity index (χ1v) is 9.35. The van der Waals surface area contributed by atoms with E-state index in [1.165, 1.54) is 30.6 Å². The minimum absolute atomic E-state index is 0.429. The topological polar surface area (TPSA) is 26.0 Å². The maximum atomic E-state index is 6.34. The van der Waals surface area contributed by atoms with Crippen LogP contribution in [0.25, 0.3) is 0 Å². The fourth-order valence-corrected chi connectivity index (χ4v) is 5.01. The van der Waals surface area contributed by atoms with E-state index in [2.05, 4.69) is 32.9 Å². The zero-order chi connectivity index (χ0) is 15.5. The minimum Gasteiger partial charge on any atom is -0.330 e. The lowest BCUT2D eigenvalue weighted by atomic mass is 9.67. The normalized spacial score (nSPS) is 26.8. The lowest BCUT2D eigenvalue weighted by Gasteiger charge is -2.42. The molecule has 1 aromatic carbocycles. The SMILES string of the molecule is CCC(C)(C)C1CCC(CN)C(Sc2ccccc2Cl)C1. The van der Waals surface area contributed by atoms with Crippen LogP contribution in [0.3, 0.4) is 0 Å². The summed E-state index contributed by atoms with van der Waals surface area (Å²) in [6, 6.07) is 8.19. The van der Waals surface area contributed by atoms with Gasteiger partial charge in [-0.2, -0.15) is 0 Å². The number of nitrogens with two attached hydrogens (primary N) is 1. The summed E-state index contributed by atoms with van der Waals surface area (Å²) in [4.78, 5) is 1.21. The zero-order valence-corrected chi connectivity index (χ0v) is 15.0. The molecule has 3 heteroatoms. The summed E-state index contributed by atoms with van der Waals surface area (Å²) in [7, 11) is 0. The van der Waals surface area contributed by atoms with Crippen molar-refractivity contribution in [2.75, 3.05) is 6.54 Å². The number of rotatable bonds is 5. The van der Waals surface area contributed by atoms with Gasteiger partial charge in [-0.3, -0.25) is 0 Å². The molecule has 1 aromatic rings. The second kappa shape index (κ2) is 7.39. The van der Waals surface area contributed by atoms with Gasteiger partial charge in [-0.1, -0.05) is 50.9 Å². The molecule has 1 aliphatic carbocycles. The highest BCUT2D eigenvalue weighted by Crippen LogP contribution is 2.47. The van der Waals surface area contributed by atoms with Gasteiger partial charge in [-0.05, 0) is 55.2 Å². The average Bonchev–Trinajstić information content (AvgIpc) is 2.49. The van der Waals surface area contributed by atoms with Gasteiger partial charge in [0.25, 0.3) is 0 Å². The maximum absolute atomic E-state index is 6.34. The van der Waals surface area contributed by atoms with E-state index in [-0.39, 0.29) is 0 Å². The van der Waals surface area contributed by atoms with Crippen molar-refractivity contribution in [3.8, 4) is 0 Å². The van der Waals surface area contributed by atoms with Crippen LogP contribution >= 0.6 is 23.4 Å². The molecule has 0 spiro atoms. The van der Waals surface area contributed by atoms with Crippen LogP contribution in [0.1, 0.15) is 46.5 Å². The quantitative estimate of drug-likeness (QED) is 0.761. The average molecular weight is 326 g/mol. The Morgan fingerprint density at radius 2 is 2.00 bits per heavy atom. The van der Waals surface area contributed by atoms with E-state index in [1.807, 2.05) is 23.9 Å². The molecule has 0 aromatic heterocycles. The van der Waals surface area contributed by atoms with Crippen molar-refractivity contribution in [2.24, 2.45) is 23.0 Å². The molecule has 3 unspecified atom stereocenters. The van der Waals surface area contributed by atoms with E-state index in [9.17, 15) is 0 Å². The van der Waals surface area contributed by atoms with E-state index in [1.54, 1.807) is 0 Å². The molecule has 0 aliphatic heterocycles. The number of benzene rings is 1. The van der Waals surface area contributed by atoms with Gasteiger partial charge in [-0.15, -0.1) is 11.8 Å². The van der Waals surface area contributed by atoms with Crippen molar-refractivity contribution in [1.82, 2.24) is 0 Å². The zero-order valence-electron chi connectivity index (χ0n) is 13.4. The van der Waals surface area contributed by atoms with Gasteiger partial charge in [0.05, 0.1) is 5.02 Å². The van der Waals surface area contributed by atoms with Crippen LogP contribution in [0.15, 0.2) is 29.2 Å². The van der Waals surface area contributed by atoms with Gasteiger partial charge < -0.3 is 5.73 Å². The molecular formula is C18H28ClNS. The Balaban J connectivity index is 2.12. The first-order valence-electron chi connectivity index (χ1n) is 8.09. The summed E-state index contributed by atoms with van der Waals surface area (Å²) in [5.41, 5.74) is 6.46.